The van der Waals surface area contributed by atoms with Gasteiger partial charge in [-0.25, -0.2) is 13.4 Å². The third-order valence-corrected chi connectivity index (χ3v) is 5.81. The van der Waals surface area contributed by atoms with Gasteiger partial charge >= 0.3 is 0 Å². The minimum atomic E-state index is -3.43. The van der Waals surface area contributed by atoms with Gasteiger partial charge in [-0.15, -0.1) is 0 Å². The first-order valence-electron chi connectivity index (χ1n) is 7.70. The Morgan fingerprint density at radius 1 is 1.32 bits per heavy atom. The molecule has 1 aromatic heterocycles. The van der Waals surface area contributed by atoms with E-state index in [1.54, 1.807) is 24.3 Å². The molecule has 0 spiro atoms. The van der Waals surface area contributed by atoms with E-state index in [1.807, 2.05) is 13.8 Å². The van der Waals surface area contributed by atoms with Crippen LogP contribution >= 0.6 is 11.6 Å². The number of anilines is 1. The number of amides is 1. The number of pyridine rings is 1. The highest BCUT2D eigenvalue weighted by molar-refractivity contribution is 7.91. The van der Waals surface area contributed by atoms with Gasteiger partial charge in [-0.1, -0.05) is 43.6 Å². The number of sulfone groups is 1. The van der Waals surface area contributed by atoms with Crippen molar-refractivity contribution < 1.29 is 13.2 Å². The number of carbonyl (C=O) groups is 1. The Bertz CT molecular complexity index is 882. The zero-order valence-electron chi connectivity index (χ0n) is 14.0. The number of nitrogen functional groups attached to an aromatic ring is 1. The van der Waals surface area contributed by atoms with E-state index >= 15 is 0 Å². The molecule has 1 aromatic carbocycles. The minimum Gasteiger partial charge on any atom is -0.383 e. The van der Waals surface area contributed by atoms with Crippen LogP contribution in [0.4, 0.5) is 5.82 Å². The standard InChI is InChI=1S/C17H20ClN3O3S/c1-11(2)10-25(23,24)15-6-4-3-5-12(15)8-21-17(22)14-7-13(18)9-20-16(14)19/h3-7,9,11H,8,10H2,1-2H3,(H2,19,20)(H,21,22). The third kappa shape index (κ3) is 4.93. The van der Waals surface area contributed by atoms with E-state index in [0.717, 1.165) is 0 Å². The van der Waals surface area contributed by atoms with E-state index in [-0.39, 0.29) is 34.5 Å². The first-order valence-corrected chi connectivity index (χ1v) is 9.73. The van der Waals surface area contributed by atoms with E-state index in [4.69, 9.17) is 17.3 Å². The summed E-state index contributed by atoms with van der Waals surface area (Å²) in [5, 5.41) is 2.96. The maximum atomic E-state index is 12.5. The van der Waals surface area contributed by atoms with Gasteiger partial charge in [0.2, 0.25) is 0 Å². The summed E-state index contributed by atoms with van der Waals surface area (Å²) >= 11 is 5.83. The van der Waals surface area contributed by atoms with Crippen molar-refractivity contribution >= 4 is 33.2 Å². The monoisotopic (exact) mass is 381 g/mol. The molecule has 0 aliphatic rings. The Morgan fingerprint density at radius 3 is 2.68 bits per heavy atom. The van der Waals surface area contributed by atoms with Crippen LogP contribution in [0.15, 0.2) is 41.4 Å². The summed E-state index contributed by atoms with van der Waals surface area (Å²) in [6.07, 6.45) is 1.35. The third-order valence-electron chi connectivity index (χ3n) is 3.43. The fourth-order valence-corrected chi connectivity index (χ4v) is 4.43. The first kappa shape index (κ1) is 19.2. The lowest BCUT2D eigenvalue weighted by Gasteiger charge is -2.13. The van der Waals surface area contributed by atoms with Crippen molar-refractivity contribution in [3.05, 3.63) is 52.7 Å². The molecule has 6 nitrogen and oxygen atoms in total. The van der Waals surface area contributed by atoms with Gasteiger partial charge in [0, 0.05) is 12.7 Å². The van der Waals surface area contributed by atoms with Crippen molar-refractivity contribution in [3.63, 3.8) is 0 Å². The summed E-state index contributed by atoms with van der Waals surface area (Å²) in [5.41, 5.74) is 6.35. The van der Waals surface area contributed by atoms with Gasteiger partial charge in [0.25, 0.3) is 5.91 Å². The molecule has 2 aromatic rings. The van der Waals surface area contributed by atoms with Crippen LogP contribution in [0, 0.1) is 5.92 Å². The number of nitrogens with two attached hydrogens (primary N) is 1. The molecule has 134 valence electrons. The lowest BCUT2D eigenvalue weighted by molar-refractivity contribution is 0.0951. The predicted octanol–water partition coefficient (Wildman–Crippen LogP) is 2.68. The normalized spacial score (nSPS) is 11.5. The number of nitrogens with zero attached hydrogens (tertiary/aromatic N) is 1. The summed E-state index contributed by atoms with van der Waals surface area (Å²) in [6, 6.07) is 8.03. The molecule has 1 amide bonds. The fourth-order valence-electron chi connectivity index (χ4n) is 2.38. The average Bonchev–Trinajstić information content (AvgIpc) is 2.54. The molecule has 25 heavy (non-hydrogen) atoms. The number of carbonyl (C=O) groups excluding carboxylic acids is 1. The average molecular weight is 382 g/mol. The summed E-state index contributed by atoms with van der Waals surface area (Å²) in [7, 11) is -3.43. The van der Waals surface area contributed by atoms with Crippen LogP contribution in [0.1, 0.15) is 29.8 Å². The van der Waals surface area contributed by atoms with Crippen LogP contribution in [0.3, 0.4) is 0 Å². The van der Waals surface area contributed by atoms with Crippen LogP contribution in [0.5, 0.6) is 0 Å². The van der Waals surface area contributed by atoms with E-state index in [0.29, 0.717) is 10.6 Å². The second kappa shape index (κ2) is 7.84. The quantitative estimate of drug-likeness (QED) is 0.800. The molecule has 0 atom stereocenters. The molecule has 0 saturated carbocycles. The largest absolute Gasteiger partial charge is 0.383 e. The van der Waals surface area contributed by atoms with Crippen LogP contribution in [0.2, 0.25) is 5.02 Å². The van der Waals surface area contributed by atoms with E-state index in [1.165, 1.54) is 12.3 Å². The molecule has 0 saturated heterocycles. The number of benzene rings is 1. The molecule has 1 heterocycles. The Morgan fingerprint density at radius 2 is 2.00 bits per heavy atom. The summed E-state index contributed by atoms with van der Waals surface area (Å²) < 4.78 is 25.0. The molecular formula is C17H20ClN3O3S. The van der Waals surface area contributed by atoms with Gasteiger partial charge in [-0.3, -0.25) is 4.79 Å². The van der Waals surface area contributed by atoms with Crippen molar-refractivity contribution in [2.45, 2.75) is 25.3 Å². The highest BCUT2D eigenvalue weighted by Gasteiger charge is 2.20. The number of nitrogens with one attached hydrogen (secondary N) is 1. The topological polar surface area (TPSA) is 102 Å². The second-order valence-electron chi connectivity index (χ2n) is 6.05. The van der Waals surface area contributed by atoms with Gasteiger partial charge in [0.15, 0.2) is 9.84 Å². The van der Waals surface area contributed by atoms with Crippen LogP contribution in [0.25, 0.3) is 0 Å². The predicted molar refractivity (Wildman–Crippen MR) is 98.2 cm³/mol. The van der Waals surface area contributed by atoms with E-state index in [9.17, 15) is 13.2 Å². The van der Waals surface area contributed by atoms with Gasteiger partial charge in [0.05, 0.1) is 21.2 Å². The first-order chi connectivity index (χ1) is 11.7. The molecule has 0 aliphatic heterocycles. The number of rotatable bonds is 6. The van der Waals surface area contributed by atoms with Crippen LogP contribution < -0.4 is 11.1 Å². The van der Waals surface area contributed by atoms with E-state index < -0.39 is 15.7 Å². The zero-order valence-corrected chi connectivity index (χ0v) is 15.6. The van der Waals surface area contributed by atoms with E-state index in [2.05, 4.69) is 10.3 Å². The molecular weight excluding hydrogens is 362 g/mol. The van der Waals surface area contributed by atoms with Crippen molar-refractivity contribution in [3.8, 4) is 0 Å². The maximum Gasteiger partial charge on any atom is 0.255 e. The highest BCUT2D eigenvalue weighted by Crippen LogP contribution is 2.20. The van der Waals surface area contributed by atoms with Crippen molar-refractivity contribution in [1.29, 1.82) is 0 Å². The number of halogens is 1. The van der Waals surface area contributed by atoms with Crippen molar-refractivity contribution in [1.82, 2.24) is 10.3 Å². The number of hydrogen-bond donors (Lipinski definition) is 2. The van der Waals surface area contributed by atoms with Crippen LogP contribution in [-0.2, 0) is 16.4 Å². The summed E-state index contributed by atoms with van der Waals surface area (Å²) in [5.74, 6) is -0.362. The zero-order chi connectivity index (χ0) is 18.6. The summed E-state index contributed by atoms with van der Waals surface area (Å²) in [6.45, 7) is 3.74. The maximum absolute atomic E-state index is 12.5. The molecule has 0 aliphatic carbocycles. The fraction of sp³-hybridized carbons (Fsp3) is 0.294. The highest BCUT2D eigenvalue weighted by atomic mass is 35.5. The summed E-state index contributed by atoms with van der Waals surface area (Å²) in [4.78, 5) is 16.3. The Hall–Kier alpha value is -2.12. The number of hydrogen-bond acceptors (Lipinski definition) is 5. The van der Waals surface area contributed by atoms with Crippen LogP contribution in [-0.4, -0.2) is 25.1 Å². The number of aromatic nitrogens is 1. The minimum absolute atomic E-state index is 0.00461. The molecule has 2 rings (SSSR count). The Labute approximate surface area is 152 Å². The Balaban J connectivity index is 2.22. The molecule has 0 radical (unpaired) electrons. The van der Waals surface area contributed by atoms with Gasteiger partial charge < -0.3 is 11.1 Å². The Kier molecular flexibility index (Phi) is 6.02. The second-order valence-corrected chi connectivity index (χ2v) is 8.49. The van der Waals surface area contributed by atoms with Crippen molar-refractivity contribution in [2.75, 3.05) is 11.5 Å². The molecule has 0 fully saturated rings. The lowest BCUT2D eigenvalue weighted by Crippen LogP contribution is -2.25. The molecule has 8 heteroatoms. The lowest BCUT2D eigenvalue weighted by atomic mass is 10.2. The smallest absolute Gasteiger partial charge is 0.255 e. The van der Waals surface area contributed by atoms with Crippen molar-refractivity contribution in [2.24, 2.45) is 5.92 Å². The molecule has 0 bridgehead atoms. The van der Waals surface area contributed by atoms with Gasteiger partial charge in [-0.2, -0.15) is 0 Å². The van der Waals surface area contributed by atoms with Gasteiger partial charge in [0.1, 0.15) is 5.82 Å². The molecule has 3 N–H and O–H groups in total. The molecule has 0 unspecified atom stereocenters. The van der Waals surface area contributed by atoms with Gasteiger partial charge in [-0.05, 0) is 23.6 Å². The SMILES string of the molecule is CC(C)CS(=O)(=O)c1ccccc1CNC(=O)c1cc(Cl)cnc1N.